The SMILES string of the molecule is Cc1ccc(C2=C(C(=O)Nc3ccc4c(c3)CCN4C(=O)Cn3cccn3)CCCC2)cc1. The zero-order valence-corrected chi connectivity index (χ0v) is 18.9. The maximum Gasteiger partial charge on any atom is 0.251 e. The molecule has 0 bridgehead atoms. The molecule has 0 saturated carbocycles. The fourth-order valence-corrected chi connectivity index (χ4v) is 4.79. The molecule has 0 atom stereocenters. The Bertz CT molecular complexity index is 1210. The fourth-order valence-electron chi connectivity index (χ4n) is 4.79. The summed E-state index contributed by atoms with van der Waals surface area (Å²) >= 11 is 0. The van der Waals surface area contributed by atoms with E-state index in [0.29, 0.717) is 6.54 Å². The monoisotopic (exact) mass is 440 g/mol. The maximum absolute atomic E-state index is 13.2. The van der Waals surface area contributed by atoms with Crippen molar-refractivity contribution in [3.05, 3.63) is 83.2 Å². The molecule has 5 rings (SSSR count). The van der Waals surface area contributed by atoms with Gasteiger partial charge in [0.2, 0.25) is 5.91 Å². The third kappa shape index (κ3) is 4.46. The second kappa shape index (κ2) is 9.06. The molecule has 2 aliphatic rings. The average molecular weight is 441 g/mol. The molecular formula is C27H28N4O2. The van der Waals surface area contributed by atoms with Crippen LogP contribution in [0, 0.1) is 6.92 Å². The largest absolute Gasteiger partial charge is 0.322 e. The van der Waals surface area contributed by atoms with E-state index in [9.17, 15) is 9.59 Å². The summed E-state index contributed by atoms with van der Waals surface area (Å²) in [5.74, 6) is -0.000766. The number of nitrogens with one attached hydrogen (secondary N) is 1. The first-order valence-corrected chi connectivity index (χ1v) is 11.6. The van der Waals surface area contributed by atoms with Gasteiger partial charge in [-0.3, -0.25) is 14.3 Å². The number of aryl methyl sites for hydroxylation is 1. The summed E-state index contributed by atoms with van der Waals surface area (Å²) in [4.78, 5) is 27.8. The van der Waals surface area contributed by atoms with Crippen molar-refractivity contribution in [1.82, 2.24) is 9.78 Å². The van der Waals surface area contributed by atoms with Gasteiger partial charge in [-0.25, -0.2) is 0 Å². The Balaban J connectivity index is 1.33. The first kappa shape index (κ1) is 21.2. The van der Waals surface area contributed by atoms with E-state index in [1.165, 1.54) is 5.56 Å². The van der Waals surface area contributed by atoms with Crippen molar-refractivity contribution in [2.24, 2.45) is 0 Å². The third-order valence-electron chi connectivity index (χ3n) is 6.53. The van der Waals surface area contributed by atoms with Gasteiger partial charge in [0.15, 0.2) is 0 Å². The molecule has 1 aliphatic heterocycles. The molecule has 2 aromatic carbocycles. The number of amides is 2. The lowest BCUT2D eigenvalue weighted by atomic mass is 9.86. The Morgan fingerprint density at radius 1 is 1.03 bits per heavy atom. The first-order valence-electron chi connectivity index (χ1n) is 11.6. The molecule has 1 aliphatic carbocycles. The van der Waals surface area contributed by atoms with Crippen molar-refractivity contribution in [2.75, 3.05) is 16.8 Å². The molecule has 0 saturated heterocycles. The van der Waals surface area contributed by atoms with Crippen LogP contribution in [0.5, 0.6) is 0 Å². The Morgan fingerprint density at radius 2 is 1.85 bits per heavy atom. The predicted molar refractivity (Wildman–Crippen MR) is 130 cm³/mol. The fraction of sp³-hybridized carbons (Fsp3) is 0.296. The summed E-state index contributed by atoms with van der Waals surface area (Å²) in [5, 5.41) is 7.24. The predicted octanol–water partition coefficient (Wildman–Crippen LogP) is 4.75. The molecule has 33 heavy (non-hydrogen) atoms. The van der Waals surface area contributed by atoms with Gasteiger partial charge in [-0.15, -0.1) is 0 Å². The van der Waals surface area contributed by atoms with Crippen LogP contribution in [0.1, 0.15) is 42.4 Å². The van der Waals surface area contributed by atoms with Gasteiger partial charge in [0.25, 0.3) is 5.91 Å². The second-order valence-corrected chi connectivity index (χ2v) is 8.83. The van der Waals surface area contributed by atoms with Crippen LogP contribution in [0.3, 0.4) is 0 Å². The van der Waals surface area contributed by atoms with Crippen LogP contribution in [0.4, 0.5) is 11.4 Å². The topological polar surface area (TPSA) is 67.2 Å². The van der Waals surface area contributed by atoms with E-state index >= 15 is 0 Å². The Morgan fingerprint density at radius 3 is 2.64 bits per heavy atom. The van der Waals surface area contributed by atoms with Gasteiger partial charge in [-0.1, -0.05) is 29.8 Å². The van der Waals surface area contributed by atoms with Crippen molar-refractivity contribution in [3.8, 4) is 0 Å². The number of anilines is 2. The van der Waals surface area contributed by atoms with E-state index in [1.54, 1.807) is 17.1 Å². The van der Waals surface area contributed by atoms with Crippen LogP contribution in [-0.4, -0.2) is 28.1 Å². The van der Waals surface area contributed by atoms with E-state index in [0.717, 1.165) is 65.8 Å². The number of rotatable bonds is 5. The highest BCUT2D eigenvalue weighted by Gasteiger charge is 2.26. The highest BCUT2D eigenvalue weighted by molar-refractivity contribution is 6.09. The molecule has 0 spiro atoms. The Labute approximate surface area is 193 Å². The molecule has 0 fully saturated rings. The van der Waals surface area contributed by atoms with Gasteiger partial charge in [0.05, 0.1) is 0 Å². The summed E-state index contributed by atoms with van der Waals surface area (Å²) in [6, 6.07) is 16.1. The molecule has 2 heterocycles. The molecule has 0 unspecified atom stereocenters. The summed E-state index contributed by atoms with van der Waals surface area (Å²) in [6.45, 7) is 2.95. The normalized spacial score (nSPS) is 15.5. The van der Waals surface area contributed by atoms with Crippen molar-refractivity contribution in [3.63, 3.8) is 0 Å². The standard InChI is InChI=1S/C27H28N4O2/c1-19-7-9-20(10-8-19)23-5-2-3-6-24(23)27(33)29-22-11-12-25-21(17-22)13-16-31(25)26(32)18-30-15-4-14-28-30/h4,7-12,14-15,17H,2-3,5-6,13,16,18H2,1H3,(H,29,33). The minimum absolute atomic E-state index is 0.0179. The number of carbonyl (C=O) groups excluding carboxylic acids is 2. The lowest BCUT2D eigenvalue weighted by Crippen LogP contribution is -2.32. The molecule has 3 aromatic rings. The first-order chi connectivity index (χ1) is 16.1. The number of carbonyl (C=O) groups is 2. The van der Waals surface area contributed by atoms with E-state index in [-0.39, 0.29) is 18.4 Å². The number of hydrogen-bond acceptors (Lipinski definition) is 3. The van der Waals surface area contributed by atoms with E-state index in [4.69, 9.17) is 0 Å². The number of benzene rings is 2. The Kier molecular flexibility index (Phi) is 5.82. The van der Waals surface area contributed by atoms with E-state index < -0.39 is 0 Å². The van der Waals surface area contributed by atoms with E-state index in [1.807, 2.05) is 29.2 Å². The molecule has 168 valence electrons. The van der Waals surface area contributed by atoms with Crippen LogP contribution in [0.15, 0.2) is 66.5 Å². The van der Waals surface area contributed by atoms with Crippen LogP contribution in [0.2, 0.25) is 0 Å². The number of hydrogen-bond donors (Lipinski definition) is 1. The van der Waals surface area contributed by atoms with Gasteiger partial charge in [0, 0.05) is 35.9 Å². The van der Waals surface area contributed by atoms with Gasteiger partial charge in [0.1, 0.15) is 6.54 Å². The minimum atomic E-state index is -0.0187. The quantitative estimate of drug-likeness (QED) is 0.623. The molecule has 6 heteroatoms. The molecule has 1 aromatic heterocycles. The molecule has 2 amide bonds. The minimum Gasteiger partial charge on any atom is -0.322 e. The number of allylic oxidation sites excluding steroid dienone is 1. The van der Waals surface area contributed by atoms with Gasteiger partial charge in [-0.2, -0.15) is 5.10 Å². The number of nitrogens with zero attached hydrogens (tertiary/aromatic N) is 3. The summed E-state index contributed by atoms with van der Waals surface area (Å²) in [7, 11) is 0. The number of fused-ring (bicyclic) bond motifs is 1. The number of aromatic nitrogens is 2. The zero-order valence-electron chi connectivity index (χ0n) is 18.9. The van der Waals surface area contributed by atoms with Gasteiger partial charge < -0.3 is 10.2 Å². The summed E-state index contributed by atoms with van der Waals surface area (Å²) in [5.41, 5.74) is 7.20. The van der Waals surface area contributed by atoms with E-state index in [2.05, 4.69) is 41.6 Å². The third-order valence-corrected chi connectivity index (χ3v) is 6.53. The molecule has 0 radical (unpaired) electrons. The maximum atomic E-state index is 13.2. The molecular weight excluding hydrogens is 412 g/mol. The van der Waals surface area contributed by atoms with Crippen LogP contribution in [-0.2, 0) is 22.6 Å². The molecule has 1 N–H and O–H groups in total. The van der Waals surface area contributed by atoms with Crippen LogP contribution >= 0.6 is 0 Å². The summed E-state index contributed by atoms with van der Waals surface area (Å²) < 4.78 is 1.64. The van der Waals surface area contributed by atoms with Crippen molar-refractivity contribution < 1.29 is 9.59 Å². The lowest BCUT2D eigenvalue weighted by molar-refractivity contribution is -0.119. The van der Waals surface area contributed by atoms with Crippen LogP contribution < -0.4 is 10.2 Å². The van der Waals surface area contributed by atoms with Gasteiger partial charge >= 0.3 is 0 Å². The molecule has 6 nitrogen and oxygen atoms in total. The van der Waals surface area contributed by atoms with Crippen LogP contribution in [0.25, 0.3) is 5.57 Å². The second-order valence-electron chi connectivity index (χ2n) is 8.83. The highest BCUT2D eigenvalue weighted by Crippen LogP contribution is 2.34. The van der Waals surface area contributed by atoms with Crippen molar-refractivity contribution in [1.29, 1.82) is 0 Å². The van der Waals surface area contributed by atoms with Crippen molar-refractivity contribution >= 4 is 28.8 Å². The van der Waals surface area contributed by atoms with Crippen molar-refractivity contribution in [2.45, 2.75) is 45.6 Å². The summed E-state index contributed by atoms with van der Waals surface area (Å²) in [6.07, 6.45) is 8.13. The zero-order chi connectivity index (χ0) is 22.8. The average Bonchev–Trinajstić information content (AvgIpc) is 3.49. The lowest BCUT2D eigenvalue weighted by Gasteiger charge is -2.21. The van der Waals surface area contributed by atoms with Gasteiger partial charge in [-0.05, 0) is 80.0 Å². The Hall–Kier alpha value is -3.67. The highest BCUT2D eigenvalue weighted by atomic mass is 16.2. The smallest absolute Gasteiger partial charge is 0.251 e.